The van der Waals surface area contributed by atoms with Crippen LogP contribution in [0.1, 0.15) is 34.8 Å². The standard InChI is InChI=1S/C25H25NO7/c1-15-11-20(27)24(25(29)33-15)19(17-5-8-21-22(12-17)32-14-31-21)13-23(28)26-10-9-16-3-6-18(30-2)7-4-16/h3-8,11-12,19,27H,9-10,13-14H2,1-2H3,(H,26,28). The molecule has 0 saturated heterocycles. The molecule has 172 valence electrons. The molecule has 2 aromatic carbocycles. The second kappa shape index (κ2) is 9.68. The molecule has 2 heterocycles. The molecular weight excluding hydrogens is 426 g/mol. The first-order valence-electron chi connectivity index (χ1n) is 10.6. The van der Waals surface area contributed by atoms with E-state index in [0.717, 1.165) is 11.3 Å². The number of carbonyl (C=O) groups excluding carboxylic acids is 1. The van der Waals surface area contributed by atoms with Crippen LogP contribution in [0.3, 0.4) is 0 Å². The molecule has 0 aliphatic carbocycles. The Kier molecular flexibility index (Phi) is 6.53. The number of fused-ring (bicyclic) bond motifs is 1. The molecule has 3 aromatic rings. The first-order valence-corrected chi connectivity index (χ1v) is 10.6. The highest BCUT2D eigenvalue weighted by atomic mass is 16.7. The zero-order valence-electron chi connectivity index (χ0n) is 18.4. The number of carbonyl (C=O) groups is 1. The Morgan fingerprint density at radius 2 is 1.88 bits per heavy atom. The van der Waals surface area contributed by atoms with E-state index >= 15 is 0 Å². The van der Waals surface area contributed by atoms with E-state index in [2.05, 4.69) is 5.32 Å². The van der Waals surface area contributed by atoms with Crippen molar-refractivity contribution in [1.82, 2.24) is 5.32 Å². The van der Waals surface area contributed by atoms with Crippen molar-refractivity contribution < 1.29 is 28.5 Å². The van der Waals surface area contributed by atoms with Crippen LogP contribution in [0.5, 0.6) is 23.0 Å². The minimum Gasteiger partial charge on any atom is -0.507 e. The van der Waals surface area contributed by atoms with Gasteiger partial charge in [0.2, 0.25) is 12.7 Å². The van der Waals surface area contributed by atoms with Crippen LogP contribution in [0.15, 0.2) is 57.7 Å². The summed E-state index contributed by atoms with van der Waals surface area (Å²) in [6.07, 6.45) is 0.589. The lowest BCUT2D eigenvalue weighted by atomic mass is 9.88. The summed E-state index contributed by atoms with van der Waals surface area (Å²) in [5, 5.41) is 13.4. The summed E-state index contributed by atoms with van der Waals surface area (Å²) in [4.78, 5) is 25.4. The van der Waals surface area contributed by atoms with Gasteiger partial charge in [0, 0.05) is 24.9 Å². The van der Waals surface area contributed by atoms with Crippen molar-refractivity contribution in [1.29, 1.82) is 0 Å². The number of aromatic hydroxyl groups is 1. The Morgan fingerprint density at radius 1 is 1.12 bits per heavy atom. The van der Waals surface area contributed by atoms with Gasteiger partial charge in [-0.15, -0.1) is 0 Å². The third kappa shape index (κ3) is 5.11. The van der Waals surface area contributed by atoms with Crippen LogP contribution in [0.4, 0.5) is 0 Å². The summed E-state index contributed by atoms with van der Waals surface area (Å²) in [5.41, 5.74) is 1.04. The predicted molar refractivity (Wildman–Crippen MR) is 120 cm³/mol. The van der Waals surface area contributed by atoms with Gasteiger partial charge < -0.3 is 29.1 Å². The van der Waals surface area contributed by atoms with Gasteiger partial charge in [0.1, 0.15) is 17.3 Å². The molecule has 0 fully saturated rings. The first-order chi connectivity index (χ1) is 15.9. The molecule has 1 amide bonds. The van der Waals surface area contributed by atoms with Gasteiger partial charge in [-0.3, -0.25) is 4.79 Å². The average Bonchev–Trinajstić information content (AvgIpc) is 3.26. The maximum Gasteiger partial charge on any atom is 0.343 e. The van der Waals surface area contributed by atoms with Crippen LogP contribution in [0.25, 0.3) is 0 Å². The molecule has 0 saturated carbocycles. The predicted octanol–water partition coefficient (Wildman–Crippen LogP) is 3.27. The van der Waals surface area contributed by atoms with Gasteiger partial charge in [0.05, 0.1) is 12.7 Å². The molecule has 1 unspecified atom stereocenters. The second-order valence-electron chi connectivity index (χ2n) is 7.76. The summed E-state index contributed by atoms with van der Waals surface area (Å²) in [6.45, 7) is 2.10. The molecule has 0 bridgehead atoms. The molecule has 4 rings (SSSR count). The molecule has 8 heteroatoms. The lowest BCUT2D eigenvalue weighted by molar-refractivity contribution is -0.121. The monoisotopic (exact) mass is 451 g/mol. The van der Waals surface area contributed by atoms with Crippen LogP contribution in [-0.2, 0) is 11.2 Å². The molecular formula is C25H25NO7. The highest BCUT2D eigenvalue weighted by Gasteiger charge is 2.27. The minimum atomic E-state index is -0.725. The minimum absolute atomic E-state index is 0.0322. The quantitative estimate of drug-likeness (QED) is 0.541. The van der Waals surface area contributed by atoms with E-state index in [0.29, 0.717) is 30.0 Å². The van der Waals surface area contributed by atoms with E-state index < -0.39 is 11.5 Å². The van der Waals surface area contributed by atoms with Crippen LogP contribution in [0.2, 0.25) is 0 Å². The second-order valence-corrected chi connectivity index (χ2v) is 7.76. The number of rotatable bonds is 8. The summed E-state index contributed by atoms with van der Waals surface area (Å²) >= 11 is 0. The van der Waals surface area contributed by atoms with Crippen molar-refractivity contribution in [2.24, 2.45) is 0 Å². The highest BCUT2D eigenvalue weighted by molar-refractivity contribution is 5.77. The number of methoxy groups -OCH3 is 1. The van der Waals surface area contributed by atoms with Gasteiger partial charge >= 0.3 is 5.63 Å². The zero-order valence-corrected chi connectivity index (χ0v) is 18.4. The fourth-order valence-corrected chi connectivity index (χ4v) is 3.84. The number of aryl methyl sites for hydroxylation is 1. The summed E-state index contributed by atoms with van der Waals surface area (Å²) in [7, 11) is 1.61. The first kappa shape index (κ1) is 22.3. The maximum absolute atomic E-state index is 12.8. The van der Waals surface area contributed by atoms with Crippen molar-refractivity contribution in [2.45, 2.75) is 25.7 Å². The lowest BCUT2D eigenvalue weighted by Crippen LogP contribution is -2.28. The maximum atomic E-state index is 12.8. The Balaban J connectivity index is 1.52. The fraction of sp³-hybridized carbons (Fsp3) is 0.280. The summed E-state index contributed by atoms with van der Waals surface area (Å²) < 4.78 is 21.2. The Labute approximate surface area is 190 Å². The van der Waals surface area contributed by atoms with Crippen LogP contribution in [-0.4, -0.2) is 31.5 Å². The smallest absolute Gasteiger partial charge is 0.343 e. The highest BCUT2D eigenvalue weighted by Crippen LogP contribution is 2.38. The fourth-order valence-electron chi connectivity index (χ4n) is 3.84. The third-order valence-corrected chi connectivity index (χ3v) is 5.52. The van der Waals surface area contributed by atoms with E-state index in [4.69, 9.17) is 18.6 Å². The van der Waals surface area contributed by atoms with Gasteiger partial charge in [-0.25, -0.2) is 4.79 Å². The number of amides is 1. The normalized spacial score (nSPS) is 12.9. The van der Waals surface area contributed by atoms with E-state index in [9.17, 15) is 14.7 Å². The molecule has 33 heavy (non-hydrogen) atoms. The van der Waals surface area contributed by atoms with Gasteiger partial charge in [-0.05, 0) is 48.7 Å². The van der Waals surface area contributed by atoms with Crippen molar-refractivity contribution in [2.75, 3.05) is 20.4 Å². The number of nitrogens with one attached hydrogen (secondary N) is 1. The van der Waals surface area contributed by atoms with Crippen LogP contribution < -0.4 is 25.2 Å². The number of benzene rings is 2. The molecule has 1 atom stereocenters. The van der Waals surface area contributed by atoms with Gasteiger partial charge in [-0.2, -0.15) is 0 Å². The lowest BCUT2D eigenvalue weighted by Gasteiger charge is -2.18. The SMILES string of the molecule is COc1ccc(CCNC(=O)CC(c2ccc3c(c2)OCO3)c2c(O)cc(C)oc2=O)cc1. The van der Waals surface area contributed by atoms with Crippen molar-refractivity contribution in [3.8, 4) is 23.0 Å². The largest absolute Gasteiger partial charge is 0.507 e. The van der Waals surface area contributed by atoms with E-state index in [1.807, 2.05) is 24.3 Å². The van der Waals surface area contributed by atoms with Gasteiger partial charge in [0.25, 0.3) is 0 Å². The topological polar surface area (TPSA) is 107 Å². The van der Waals surface area contributed by atoms with Gasteiger partial charge in [0.15, 0.2) is 11.5 Å². The van der Waals surface area contributed by atoms with Crippen molar-refractivity contribution >= 4 is 5.91 Å². The van der Waals surface area contributed by atoms with Crippen LogP contribution in [0, 0.1) is 6.92 Å². The Morgan fingerprint density at radius 3 is 2.61 bits per heavy atom. The third-order valence-electron chi connectivity index (χ3n) is 5.52. The average molecular weight is 451 g/mol. The molecule has 8 nitrogen and oxygen atoms in total. The van der Waals surface area contributed by atoms with Crippen molar-refractivity contribution in [3.63, 3.8) is 0 Å². The molecule has 1 aliphatic heterocycles. The molecule has 1 aliphatic rings. The Bertz CT molecular complexity index is 1200. The van der Waals surface area contributed by atoms with E-state index in [1.54, 1.807) is 32.2 Å². The summed E-state index contributed by atoms with van der Waals surface area (Å²) in [5.74, 6) is 0.969. The van der Waals surface area contributed by atoms with Crippen LogP contribution >= 0.6 is 0 Å². The van der Waals surface area contributed by atoms with E-state index in [1.165, 1.54) is 6.07 Å². The summed E-state index contributed by atoms with van der Waals surface area (Å²) in [6, 6.07) is 14.2. The molecule has 1 aromatic heterocycles. The van der Waals surface area contributed by atoms with Gasteiger partial charge in [-0.1, -0.05) is 18.2 Å². The molecule has 0 radical (unpaired) electrons. The molecule has 2 N–H and O–H groups in total. The number of hydrogen-bond donors (Lipinski definition) is 2. The molecule has 0 spiro atoms. The van der Waals surface area contributed by atoms with Crippen molar-refractivity contribution in [3.05, 3.63) is 81.4 Å². The number of ether oxygens (including phenoxy) is 3. The number of hydrogen-bond acceptors (Lipinski definition) is 7. The Hall–Kier alpha value is -3.94. The van der Waals surface area contributed by atoms with E-state index in [-0.39, 0.29) is 36.2 Å². The zero-order chi connectivity index (χ0) is 23.4.